The highest BCUT2D eigenvalue weighted by atomic mass is 16.6. The third-order valence-corrected chi connectivity index (χ3v) is 4.36. The second kappa shape index (κ2) is 8.47. The van der Waals surface area contributed by atoms with E-state index in [-0.39, 0.29) is 0 Å². The number of aromatic nitrogens is 2. The summed E-state index contributed by atoms with van der Waals surface area (Å²) in [7, 11) is 1.67. The van der Waals surface area contributed by atoms with Crippen molar-refractivity contribution in [3.63, 3.8) is 0 Å². The van der Waals surface area contributed by atoms with Crippen molar-refractivity contribution in [2.24, 2.45) is 0 Å². The predicted molar refractivity (Wildman–Crippen MR) is 108 cm³/mol. The fraction of sp³-hybridized carbons (Fsp3) is 0.238. The van der Waals surface area contributed by atoms with Crippen molar-refractivity contribution in [1.82, 2.24) is 9.97 Å². The minimum atomic E-state index is 0.562. The molecule has 1 aliphatic rings. The van der Waals surface area contributed by atoms with Crippen molar-refractivity contribution in [1.29, 1.82) is 0 Å². The van der Waals surface area contributed by atoms with Crippen LogP contribution in [-0.4, -0.2) is 36.8 Å². The molecule has 3 aromatic rings. The average Bonchev–Trinajstić information content (AvgIpc) is 2.74. The lowest BCUT2D eigenvalue weighted by Gasteiger charge is -2.19. The van der Waals surface area contributed by atoms with E-state index >= 15 is 0 Å². The number of ether oxygens (including phenoxy) is 3. The summed E-state index contributed by atoms with van der Waals surface area (Å²) in [5, 5.41) is 6.61. The van der Waals surface area contributed by atoms with E-state index in [1.165, 1.54) is 11.9 Å². The van der Waals surface area contributed by atoms with Crippen molar-refractivity contribution < 1.29 is 14.2 Å². The van der Waals surface area contributed by atoms with Gasteiger partial charge in [-0.05, 0) is 36.2 Å². The van der Waals surface area contributed by atoms with Crippen LogP contribution in [0.2, 0.25) is 0 Å². The fourth-order valence-electron chi connectivity index (χ4n) is 2.92. The highest BCUT2D eigenvalue weighted by Gasteiger charge is 2.12. The molecule has 0 amide bonds. The monoisotopic (exact) mass is 378 g/mol. The molecule has 0 atom stereocenters. The molecule has 0 spiro atoms. The molecule has 0 fully saturated rings. The van der Waals surface area contributed by atoms with Gasteiger partial charge in [-0.3, -0.25) is 0 Å². The van der Waals surface area contributed by atoms with Crippen LogP contribution in [0.1, 0.15) is 5.56 Å². The molecule has 0 bridgehead atoms. The van der Waals surface area contributed by atoms with Crippen LogP contribution in [0.15, 0.2) is 54.9 Å². The first-order valence-electron chi connectivity index (χ1n) is 9.16. The molecule has 1 aliphatic heterocycles. The minimum absolute atomic E-state index is 0.562. The van der Waals surface area contributed by atoms with Crippen LogP contribution in [0.4, 0.5) is 17.3 Å². The first-order chi connectivity index (χ1) is 13.8. The van der Waals surface area contributed by atoms with Crippen LogP contribution >= 0.6 is 0 Å². The third-order valence-electron chi connectivity index (χ3n) is 4.36. The molecule has 7 nitrogen and oxygen atoms in total. The van der Waals surface area contributed by atoms with Gasteiger partial charge < -0.3 is 24.8 Å². The van der Waals surface area contributed by atoms with Crippen molar-refractivity contribution >= 4 is 17.3 Å². The topological polar surface area (TPSA) is 77.5 Å². The van der Waals surface area contributed by atoms with E-state index in [9.17, 15) is 0 Å². The molecule has 0 radical (unpaired) electrons. The summed E-state index contributed by atoms with van der Waals surface area (Å²) in [4.78, 5) is 8.57. The van der Waals surface area contributed by atoms with Gasteiger partial charge in [0.15, 0.2) is 11.5 Å². The molecule has 2 aromatic carbocycles. The molecule has 7 heteroatoms. The van der Waals surface area contributed by atoms with Crippen LogP contribution in [0.5, 0.6) is 17.2 Å². The van der Waals surface area contributed by atoms with Crippen molar-refractivity contribution in [2.75, 3.05) is 37.5 Å². The number of anilines is 3. The van der Waals surface area contributed by atoms with E-state index in [4.69, 9.17) is 14.2 Å². The molecular weight excluding hydrogens is 356 g/mol. The van der Waals surface area contributed by atoms with Gasteiger partial charge in [0.1, 0.15) is 36.9 Å². The fourth-order valence-corrected chi connectivity index (χ4v) is 2.92. The molecule has 28 heavy (non-hydrogen) atoms. The Labute approximate surface area is 163 Å². The average molecular weight is 378 g/mol. The first kappa shape index (κ1) is 17.9. The maximum absolute atomic E-state index is 5.62. The van der Waals surface area contributed by atoms with Gasteiger partial charge in [0.2, 0.25) is 0 Å². The summed E-state index contributed by atoms with van der Waals surface area (Å²) in [6.45, 7) is 1.91. The van der Waals surface area contributed by atoms with Crippen molar-refractivity contribution in [2.45, 2.75) is 6.42 Å². The van der Waals surface area contributed by atoms with E-state index < -0.39 is 0 Å². The van der Waals surface area contributed by atoms with Gasteiger partial charge in [0, 0.05) is 24.4 Å². The molecule has 0 saturated carbocycles. The smallest absolute Gasteiger partial charge is 0.163 e. The van der Waals surface area contributed by atoms with E-state index in [0.29, 0.717) is 19.0 Å². The number of hydrogen-bond donors (Lipinski definition) is 2. The van der Waals surface area contributed by atoms with E-state index in [1.807, 2.05) is 36.4 Å². The molecule has 0 aliphatic carbocycles. The summed E-state index contributed by atoms with van der Waals surface area (Å²) in [5.74, 6) is 3.84. The maximum Gasteiger partial charge on any atom is 0.163 e. The predicted octanol–water partition coefficient (Wildman–Crippen LogP) is 3.65. The second-order valence-corrected chi connectivity index (χ2v) is 6.30. The van der Waals surface area contributed by atoms with Gasteiger partial charge in [-0.15, -0.1) is 0 Å². The molecular formula is C21H22N4O3. The number of rotatable bonds is 7. The van der Waals surface area contributed by atoms with Gasteiger partial charge in [0.05, 0.1) is 7.11 Å². The quantitative estimate of drug-likeness (QED) is 0.650. The molecule has 2 N–H and O–H groups in total. The van der Waals surface area contributed by atoms with Gasteiger partial charge in [0.25, 0.3) is 0 Å². The lowest BCUT2D eigenvalue weighted by molar-refractivity contribution is 0.171. The van der Waals surface area contributed by atoms with Crippen LogP contribution in [0.25, 0.3) is 0 Å². The summed E-state index contributed by atoms with van der Waals surface area (Å²) in [6.07, 6.45) is 2.43. The number of fused-ring (bicyclic) bond motifs is 1. The molecule has 0 unspecified atom stereocenters. The van der Waals surface area contributed by atoms with Gasteiger partial charge >= 0.3 is 0 Å². The standard InChI is InChI=1S/C21H22N4O3/c1-26-17-5-2-15(3-6-17)8-9-22-20-13-21(24-14-23-20)25-16-4-7-18-19(12-16)28-11-10-27-18/h2-7,12-14H,8-11H2,1H3,(H2,22,23,24,25). The van der Waals surface area contributed by atoms with Gasteiger partial charge in [-0.1, -0.05) is 12.1 Å². The van der Waals surface area contributed by atoms with Crippen LogP contribution in [-0.2, 0) is 6.42 Å². The highest BCUT2D eigenvalue weighted by molar-refractivity contribution is 5.63. The number of nitrogens with zero attached hydrogens (tertiary/aromatic N) is 2. The number of benzene rings is 2. The third kappa shape index (κ3) is 4.43. The molecule has 2 heterocycles. The van der Waals surface area contributed by atoms with E-state index in [1.54, 1.807) is 7.11 Å². The van der Waals surface area contributed by atoms with Gasteiger partial charge in [-0.25, -0.2) is 9.97 Å². The molecule has 144 valence electrons. The Morgan fingerprint density at radius 3 is 2.54 bits per heavy atom. The first-order valence-corrected chi connectivity index (χ1v) is 9.16. The summed E-state index contributed by atoms with van der Waals surface area (Å²) >= 11 is 0. The Hall–Kier alpha value is -3.48. The zero-order valence-corrected chi connectivity index (χ0v) is 15.6. The van der Waals surface area contributed by atoms with Crippen LogP contribution in [0, 0.1) is 0 Å². The molecule has 4 rings (SSSR count). The highest BCUT2D eigenvalue weighted by Crippen LogP contribution is 2.33. The Morgan fingerprint density at radius 2 is 1.71 bits per heavy atom. The second-order valence-electron chi connectivity index (χ2n) is 6.30. The number of methoxy groups -OCH3 is 1. The number of nitrogens with one attached hydrogen (secondary N) is 2. The largest absolute Gasteiger partial charge is 0.497 e. The summed E-state index contributed by atoms with van der Waals surface area (Å²) in [6, 6.07) is 15.7. The molecule has 1 aromatic heterocycles. The zero-order valence-electron chi connectivity index (χ0n) is 15.6. The Bertz CT molecular complexity index is 931. The van der Waals surface area contributed by atoms with Crippen molar-refractivity contribution in [3.05, 3.63) is 60.4 Å². The SMILES string of the molecule is COc1ccc(CCNc2cc(Nc3ccc4c(c3)OCCO4)ncn2)cc1. The maximum atomic E-state index is 5.62. The van der Waals surface area contributed by atoms with Gasteiger partial charge in [-0.2, -0.15) is 0 Å². The van der Waals surface area contributed by atoms with Crippen LogP contribution in [0.3, 0.4) is 0 Å². The number of hydrogen-bond acceptors (Lipinski definition) is 7. The Kier molecular flexibility index (Phi) is 5.42. The lowest BCUT2D eigenvalue weighted by atomic mass is 10.1. The van der Waals surface area contributed by atoms with E-state index in [0.717, 1.165) is 41.7 Å². The normalized spacial score (nSPS) is 12.3. The summed E-state index contributed by atoms with van der Waals surface area (Å²) in [5.41, 5.74) is 2.11. The molecule has 0 saturated heterocycles. The Balaban J connectivity index is 1.35. The Morgan fingerprint density at radius 1 is 0.929 bits per heavy atom. The summed E-state index contributed by atoms with van der Waals surface area (Å²) < 4.78 is 16.3. The van der Waals surface area contributed by atoms with E-state index in [2.05, 4.69) is 32.7 Å². The zero-order chi connectivity index (χ0) is 19.2. The van der Waals surface area contributed by atoms with Crippen LogP contribution < -0.4 is 24.8 Å². The minimum Gasteiger partial charge on any atom is -0.497 e. The van der Waals surface area contributed by atoms with Crippen molar-refractivity contribution in [3.8, 4) is 17.2 Å². The lowest BCUT2D eigenvalue weighted by Crippen LogP contribution is -2.15.